The molecule has 0 aromatic heterocycles. The van der Waals surface area contributed by atoms with Crippen LogP contribution in [0, 0.1) is 19.7 Å². The average Bonchev–Trinajstić information content (AvgIpc) is 2.38. The molecule has 1 unspecified atom stereocenters. The van der Waals surface area contributed by atoms with Crippen LogP contribution in [-0.4, -0.2) is 0 Å². The second-order valence-corrected chi connectivity index (χ2v) is 6.21. The molecule has 2 aromatic carbocycles. The van der Waals surface area contributed by atoms with E-state index in [1.807, 2.05) is 36.4 Å². The molecule has 0 saturated carbocycles. The third kappa shape index (κ3) is 3.58. The Balaban J connectivity index is 2.20. The molecule has 0 amide bonds. The molecule has 2 rings (SSSR count). The molecule has 0 aliphatic heterocycles. The summed E-state index contributed by atoms with van der Waals surface area (Å²) in [5.41, 5.74) is 3.44. The highest BCUT2D eigenvalue weighted by Gasteiger charge is 2.12. The summed E-state index contributed by atoms with van der Waals surface area (Å²) in [6, 6.07) is 11.8. The molecule has 3 heteroatoms. The van der Waals surface area contributed by atoms with Gasteiger partial charge in [0, 0.05) is 4.47 Å². The maximum atomic E-state index is 13.6. The lowest BCUT2D eigenvalue weighted by atomic mass is 10.00. The van der Waals surface area contributed by atoms with Crippen LogP contribution in [0.3, 0.4) is 0 Å². The van der Waals surface area contributed by atoms with E-state index < -0.39 is 0 Å². The first-order valence-corrected chi connectivity index (χ1v) is 7.35. The van der Waals surface area contributed by atoms with Crippen LogP contribution in [0.4, 0.5) is 4.39 Å². The average molecular weight is 342 g/mol. The fourth-order valence-corrected chi connectivity index (χ4v) is 2.67. The normalized spacial score (nSPS) is 12.5. The Morgan fingerprint density at radius 3 is 2.16 bits per heavy atom. The van der Waals surface area contributed by atoms with E-state index in [0.29, 0.717) is 11.1 Å². The molecule has 0 heterocycles. The van der Waals surface area contributed by atoms with Gasteiger partial charge in [-0.1, -0.05) is 40.2 Å². The highest BCUT2D eigenvalue weighted by atomic mass is 79.9. The first-order valence-electron chi connectivity index (χ1n) is 6.12. The monoisotopic (exact) mass is 340 g/mol. The summed E-state index contributed by atoms with van der Waals surface area (Å²) in [6.07, 6.45) is 0.735. The smallest absolute Gasteiger partial charge is 0.129 e. The minimum absolute atomic E-state index is 0.140. The third-order valence-corrected chi connectivity index (χ3v) is 4.08. The summed E-state index contributed by atoms with van der Waals surface area (Å²) in [4.78, 5) is 0. The van der Waals surface area contributed by atoms with Gasteiger partial charge in [0.2, 0.25) is 0 Å². The molecule has 0 spiro atoms. The molecule has 2 aromatic rings. The van der Waals surface area contributed by atoms with Gasteiger partial charge in [-0.05, 0) is 54.7 Å². The van der Waals surface area contributed by atoms with Crippen LogP contribution in [0.1, 0.15) is 27.6 Å². The zero-order chi connectivity index (χ0) is 14.0. The number of alkyl halides is 1. The van der Waals surface area contributed by atoms with Gasteiger partial charge in [-0.25, -0.2) is 4.39 Å². The fraction of sp³-hybridized carbons (Fsp3) is 0.250. The predicted molar refractivity (Wildman–Crippen MR) is 82.3 cm³/mol. The van der Waals surface area contributed by atoms with Crippen LogP contribution < -0.4 is 0 Å². The molecule has 1 atom stereocenters. The summed E-state index contributed by atoms with van der Waals surface area (Å²) in [5, 5.41) is -0.140. The molecular formula is C16H15BrClF. The standard InChI is InChI=1S/C16H15BrClF/c1-10-7-13(8-11(2)16(10)19)15(18)9-12-3-5-14(17)6-4-12/h3-8,15H,9H2,1-2H3. The molecule has 0 N–H and O–H groups in total. The molecule has 0 nitrogen and oxygen atoms in total. The zero-order valence-corrected chi connectivity index (χ0v) is 13.2. The van der Waals surface area contributed by atoms with Gasteiger partial charge in [-0.2, -0.15) is 0 Å². The van der Waals surface area contributed by atoms with Crippen molar-refractivity contribution in [2.75, 3.05) is 0 Å². The van der Waals surface area contributed by atoms with Gasteiger partial charge in [0.1, 0.15) is 5.82 Å². The van der Waals surface area contributed by atoms with Crippen molar-refractivity contribution in [3.8, 4) is 0 Å². The molecule has 0 radical (unpaired) electrons. The number of rotatable bonds is 3. The number of hydrogen-bond donors (Lipinski definition) is 0. The maximum absolute atomic E-state index is 13.6. The van der Waals surface area contributed by atoms with Gasteiger partial charge < -0.3 is 0 Å². The highest BCUT2D eigenvalue weighted by Crippen LogP contribution is 2.28. The highest BCUT2D eigenvalue weighted by molar-refractivity contribution is 9.10. The molecular weight excluding hydrogens is 327 g/mol. The Labute approximate surface area is 126 Å². The van der Waals surface area contributed by atoms with E-state index in [0.717, 1.165) is 16.5 Å². The van der Waals surface area contributed by atoms with E-state index in [1.54, 1.807) is 13.8 Å². The third-order valence-electron chi connectivity index (χ3n) is 3.15. The minimum Gasteiger partial charge on any atom is -0.206 e. The Morgan fingerprint density at radius 2 is 1.63 bits per heavy atom. The van der Waals surface area contributed by atoms with Crippen LogP contribution in [0.25, 0.3) is 0 Å². The van der Waals surface area contributed by atoms with Crippen molar-refractivity contribution < 1.29 is 4.39 Å². The van der Waals surface area contributed by atoms with Crippen LogP contribution in [0.5, 0.6) is 0 Å². The number of hydrogen-bond acceptors (Lipinski definition) is 0. The van der Waals surface area contributed by atoms with Gasteiger partial charge in [0.05, 0.1) is 5.38 Å². The molecule has 0 bridgehead atoms. The Kier molecular flexibility index (Phi) is 4.64. The van der Waals surface area contributed by atoms with E-state index in [-0.39, 0.29) is 11.2 Å². The second-order valence-electron chi connectivity index (χ2n) is 4.77. The predicted octanol–water partition coefficient (Wildman–Crippen LogP) is 5.73. The van der Waals surface area contributed by atoms with Crippen LogP contribution in [0.15, 0.2) is 40.9 Å². The Bertz CT molecular complexity index is 555. The minimum atomic E-state index is -0.142. The summed E-state index contributed by atoms with van der Waals surface area (Å²) in [6.45, 7) is 3.55. The van der Waals surface area contributed by atoms with Crippen molar-refractivity contribution in [3.05, 3.63) is 68.9 Å². The van der Waals surface area contributed by atoms with Gasteiger partial charge in [-0.15, -0.1) is 11.6 Å². The largest absolute Gasteiger partial charge is 0.206 e. The quantitative estimate of drug-likeness (QED) is 0.626. The number of halogens is 3. The lowest BCUT2D eigenvalue weighted by Gasteiger charge is -2.13. The van der Waals surface area contributed by atoms with Crippen molar-refractivity contribution in [1.82, 2.24) is 0 Å². The lowest BCUT2D eigenvalue weighted by molar-refractivity contribution is 0.608. The molecule has 0 saturated heterocycles. The topological polar surface area (TPSA) is 0 Å². The van der Waals surface area contributed by atoms with Gasteiger partial charge in [0.15, 0.2) is 0 Å². The van der Waals surface area contributed by atoms with Crippen LogP contribution >= 0.6 is 27.5 Å². The molecule has 0 aliphatic rings. The summed E-state index contributed by atoms with van der Waals surface area (Å²) in [5.74, 6) is -0.142. The summed E-state index contributed by atoms with van der Waals surface area (Å²) >= 11 is 9.85. The second kappa shape index (κ2) is 6.06. The lowest BCUT2D eigenvalue weighted by Crippen LogP contribution is -1.99. The molecule has 0 fully saturated rings. The van der Waals surface area contributed by atoms with E-state index in [9.17, 15) is 4.39 Å². The number of aryl methyl sites for hydroxylation is 2. The van der Waals surface area contributed by atoms with Crippen LogP contribution in [0.2, 0.25) is 0 Å². The Hall–Kier alpha value is -0.860. The van der Waals surface area contributed by atoms with Gasteiger partial charge in [-0.3, -0.25) is 0 Å². The van der Waals surface area contributed by atoms with E-state index in [4.69, 9.17) is 11.6 Å². The first kappa shape index (κ1) is 14.5. The molecule has 19 heavy (non-hydrogen) atoms. The van der Waals surface area contributed by atoms with Crippen molar-refractivity contribution in [1.29, 1.82) is 0 Å². The zero-order valence-electron chi connectivity index (χ0n) is 10.9. The number of benzene rings is 2. The first-order chi connectivity index (χ1) is 8.97. The maximum Gasteiger partial charge on any atom is 0.129 e. The molecule has 0 aliphatic carbocycles. The molecule has 100 valence electrons. The van der Waals surface area contributed by atoms with Crippen molar-refractivity contribution in [3.63, 3.8) is 0 Å². The van der Waals surface area contributed by atoms with Crippen LogP contribution in [-0.2, 0) is 6.42 Å². The van der Waals surface area contributed by atoms with E-state index in [1.165, 1.54) is 5.56 Å². The summed E-state index contributed by atoms with van der Waals surface area (Å²) < 4.78 is 14.6. The van der Waals surface area contributed by atoms with Crippen molar-refractivity contribution >= 4 is 27.5 Å². The van der Waals surface area contributed by atoms with Gasteiger partial charge >= 0.3 is 0 Å². The SMILES string of the molecule is Cc1cc(C(Cl)Cc2ccc(Br)cc2)cc(C)c1F. The van der Waals surface area contributed by atoms with Crippen molar-refractivity contribution in [2.45, 2.75) is 25.6 Å². The summed E-state index contributed by atoms with van der Waals surface area (Å²) in [7, 11) is 0. The fourth-order valence-electron chi connectivity index (χ4n) is 2.11. The van der Waals surface area contributed by atoms with E-state index in [2.05, 4.69) is 15.9 Å². The van der Waals surface area contributed by atoms with Gasteiger partial charge in [0.25, 0.3) is 0 Å². The van der Waals surface area contributed by atoms with E-state index >= 15 is 0 Å². The Morgan fingerprint density at radius 1 is 1.11 bits per heavy atom. The van der Waals surface area contributed by atoms with Crippen molar-refractivity contribution in [2.24, 2.45) is 0 Å².